The molecule has 0 spiro atoms. The van der Waals surface area contributed by atoms with Gasteiger partial charge in [0.25, 0.3) is 0 Å². The van der Waals surface area contributed by atoms with Gasteiger partial charge in [0.1, 0.15) is 0 Å². The monoisotopic (exact) mass is 274 g/mol. The molecule has 2 rings (SSSR count). The maximum Gasteiger partial charge on any atom is 0.161 e. The van der Waals surface area contributed by atoms with Gasteiger partial charge >= 0.3 is 0 Å². The summed E-state index contributed by atoms with van der Waals surface area (Å²) >= 11 is 0. The topological polar surface area (TPSA) is 51.2 Å². The van der Waals surface area contributed by atoms with Crippen LogP contribution >= 0.6 is 0 Å². The van der Waals surface area contributed by atoms with Crippen LogP contribution in [0.5, 0.6) is 0 Å². The van der Waals surface area contributed by atoms with Gasteiger partial charge in [-0.15, -0.1) is 13.2 Å². The van der Waals surface area contributed by atoms with Gasteiger partial charge in [0.15, 0.2) is 17.3 Å². The second-order valence-corrected chi connectivity index (χ2v) is 6.71. The lowest BCUT2D eigenvalue weighted by Gasteiger charge is -2.56. The number of rotatable bonds is 4. The van der Waals surface area contributed by atoms with E-state index in [0.717, 1.165) is 0 Å². The van der Waals surface area contributed by atoms with Crippen molar-refractivity contribution in [2.75, 3.05) is 0 Å². The van der Waals surface area contributed by atoms with Crippen molar-refractivity contribution in [3.05, 3.63) is 25.3 Å². The normalized spacial score (nSPS) is 35.8. The van der Waals surface area contributed by atoms with E-state index in [-0.39, 0.29) is 23.8 Å². The first-order valence-electron chi connectivity index (χ1n) is 7.12. The smallest absolute Gasteiger partial charge is 0.161 e. The number of Topliss-reactive ketones (excluding diaryl/α,β-unsaturated/α-hetero) is 3. The summed E-state index contributed by atoms with van der Waals surface area (Å²) < 4.78 is 0. The summed E-state index contributed by atoms with van der Waals surface area (Å²) in [6, 6.07) is 0. The minimum absolute atomic E-state index is 0.128. The molecule has 0 aromatic rings. The number of allylic oxidation sites excluding steroid dienone is 2. The lowest BCUT2D eigenvalue weighted by molar-refractivity contribution is -0.173. The van der Waals surface area contributed by atoms with Gasteiger partial charge in [0.05, 0.1) is 17.3 Å². The predicted octanol–water partition coefficient (Wildman–Crippen LogP) is 3.04. The van der Waals surface area contributed by atoms with Crippen LogP contribution in [0.25, 0.3) is 0 Å². The zero-order valence-electron chi connectivity index (χ0n) is 12.3. The van der Waals surface area contributed by atoms with E-state index in [0.29, 0.717) is 25.7 Å². The van der Waals surface area contributed by atoms with Gasteiger partial charge in [-0.2, -0.15) is 0 Å². The summed E-state index contributed by atoms with van der Waals surface area (Å²) in [6.45, 7) is 11.3. The van der Waals surface area contributed by atoms with Crippen molar-refractivity contribution in [2.45, 2.75) is 46.0 Å². The first kappa shape index (κ1) is 14.9. The summed E-state index contributed by atoms with van der Waals surface area (Å²) in [7, 11) is 0. The van der Waals surface area contributed by atoms with Crippen molar-refractivity contribution in [3.63, 3.8) is 0 Å². The van der Waals surface area contributed by atoms with Crippen LogP contribution in [0, 0.1) is 16.2 Å². The molecule has 2 saturated carbocycles. The summed E-state index contributed by atoms with van der Waals surface area (Å²) in [5.41, 5.74) is -2.53. The second kappa shape index (κ2) is 4.51. The van der Waals surface area contributed by atoms with E-state index in [4.69, 9.17) is 0 Å². The Hall–Kier alpha value is -1.51. The van der Waals surface area contributed by atoms with E-state index >= 15 is 0 Å². The van der Waals surface area contributed by atoms with E-state index in [2.05, 4.69) is 13.2 Å². The van der Waals surface area contributed by atoms with E-state index in [1.807, 2.05) is 13.8 Å². The molecule has 2 aliphatic rings. The van der Waals surface area contributed by atoms with Gasteiger partial charge in [0, 0.05) is 0 Å². The third-order valence-electron chi connectivity index (χ3n) is 5.43. The Morgan fingerprint density at radius 2 is 1.60 bits per heavy atom. The van der Waals surface area contributed by atoms with Crippen molar-refractivity contribution in [3.8, 4) is 0 Å². The molecule has 0 aromatic carbocycles. The number of carbonyl (C=O) groups is 3. The maximum absolute atomic E-state index is 13.1. The van der Waals surface area contributed by atoms with Gasteiger partial charge < -0.3 is 0 Å². The Labute approximate surface area is 120 Å². The highest BCUT2D eigenvalue weighted by molar-refractivity contribution is 6.28. The summed E-state index contributed by atoms with van der Waals surface area (Å²) in [6.07, 6.45) is 5.02. The highest BCUT2D eigenvalue weighted by atomic mass is 16.2. The molecule has 0 unspecified atom stereocenters. The molecule has 3 heteroatoms. The van der Waals surface area contributed by atoms with E-state index < -0.39 is 16.2 Å². The SMILES string of the molecule is C=CC[C@]12CCC(C)(C)[C@](CC=C)(C(=O)CC1=O)C2=O. The highest BCUT2D eigenvalue weighted by Crippen LogP contribution is 2.60. The summed E-state index contributed by atoms with van der Waals surface area (Å²) in [5.74, 6) is -0.637. The van der Waals surface area contributed by atoms with Crippen LogP contribution in [0.15, 0.2) is 25.3 Å². The molecule has 20 heavy (non-hydrogen) atoms. The molecule has 3 nitrogen and oxygen atoms in total. The lowest BCUT2D eigenvalue weighted by atomic mass is 9.43. The van der Waals surface area contributed by atoms with Crippen LogP contribution < -0.4 is 0 Å². The number of ketones is 3. The molecule has 0 aliphatic heterocycles. The minimum atomic E-state index is -1.08. The van der Waals surface area contributed by atoms with Gasteiger partial charge in [-0.3, -0.25) is 14.4 Å². The van der Waals surface area contributed by atoms with Gasteiger partial charge in [-0.05, 0) is 31.1 Å². The van der Waals surface area contributed by atoms with E-state index in [1.54, 1.807) is 12.2 Å². The molecule has 0 amide bonds. The standard InChI is InChI=1S/C17H22O3/c1-5-7-16-10-9-15(3,4)17(8-6-2,14(16)20)13(19)11-12(16)18/h5-6H,1-2,7-11H2,3-4H3/t16-,17+/m0/s1. The Balaban J connectivity index is 2.67. The summed E-state index contributed by atoms with van der Waals surface area (Å²) in [4.78, 5) is 38.1. The molecular weight excluding hydrogens is 252 g/mol. The van der Waals surface area contributed by atoms with Crippen molar-refractivity contribution in [2.24, 2.45) is 16.2 Å². The predicted molar refractivity (Wildman–Crippen MR) is 77.1 cm³/mol. The quantitative estimate of drug-likeness (QED) is 0.585. The average Bonchev–Trinajstić information content (AvgIpc) is 2.37. The van der Waals surface area contributed by atoms with Crippen LogP contribution in [0.2, 0.25) is 0 Å². The fourth-order valence-electron chi connectivity index (χ4n) is 4.06. The van der Waals surface area contributed by atoms with Gasteiger partial charge in [-0.1, -0.05) is 26.0 Å². The van der Waals surface area contributed by atoms with Gasteiger partial charge in [0.2, 0.25) is 0 Å². The van der Waals surface area contributed by atoms with Crippen LogP contribution in [0.4, 0.5) is 0 Å². The molecule has 0 heterocycles. The van der Waals surface area contributed by atoms with Crippen LogP contribution in [-0.2, 0) is 14.4 Å². The zero-order valence-corrected chi connectivity index (χ0v) is 12.3. The van der Waals surface area contributed by atoms with Crippen molar-refractivity contribution in [1.29, 1.82) is 0 Å². The Morgan fingerprint density at radius 1 is 1.00 bits per heavy atom. The zero-order chi connectivity index (χ0) is 15.2. The number of carbonyl (C=O) groups excluding carboxylic acids is 3. The molecule has 2 bridgehead atoms. The molecule has 2 aliphatic carbocycles. The Bertz CT molecular complexity index is 514. The molecule has 2 fully saturated rings. The van der Waals surface area contributed by atoms with Crippen molar-refractivity contribution < 1.29 is 14.4 Å². The fourth-order valence-corrected chi connectivity index (χ4v) is 4.06. The minimum Gasteiger partial charge on any atom is -0.298 e. The van der Waals surface area contributed by atoms with Gasteiger partial charge in [-0.25, -0.2) is 0 Å². The largest absolute Gasteiger partial charge is 0.298 e. The highest BCUT2D eigenvalue weighted by Gasteiger charge is 2.68. The Kier molecular flexibility index (Phi) is 3.35. The third-order valence-corrected chi connectivity index (χ3v) is 5.43. The number of hydrogen-bond donors (Lipinski definition) is 0. The van der Waals surface area contributed by atoms with Crippen molar-refractivity contribution in [1.82, 2.24) is 0 Å². The van der Waals surface area contributed by atoms with Crippen LogP contribution in [0.3, 0.4) is 0 Å². The molecule has 108 valence electrons. The Morgan fingerprint density at radius 3 is 2.15 bits per heavy atom. The van der Waals surface area contributed by atoms with Crippen LogP contribution in [-0.4, -0.2) is 17.3 Å². The molecule has 2 atom stereocenters. The molecule has 0 saturated heterocycles. The first-order valence-corrected chi connectivity index (χ1v) is 7.12. The molecular formula is C17H22O3. The lowest BCUT2D eigenvalue weighted by Crippen LogP contribution is -2.65. The van der Waals surface area contributed by atoms with Crippen molar-refractivity contribution >= 4 is 17.3 Å². The first-order chi connectivity index (χ1) is 9.28. The summed E-state index contributed by atoms with van der Waals surface area (Å²) in [5, 5.41) is 0. The molecule has 0 N–H and O–H groups in total. The molecule has 0 aromatic heterocycles. The fraction of sp³-hybridized carbons (Fsp3) is 0.588. The van der Waals surface area contributed by atoms with Crippen LogP contribution in [0.1, 0.15) is 46.0 Å². The maximum atomic E-state index is 13.1. The second-order valence-electron chi connectivity index (χ2n) is 6.71. The molecule has 0 radical (unpaired) electrons. The van der Waals surface area contributed by atoms with E-state index in [9.17, 15) is 14.4 Å². The third kappa shape index (κ3) is 1.55. The average molecular weight is 274 g/mol. The number of hydrogen-bond acceptors (Lipinski definition) is 3. The number of fused-ring (bicyclic) bond motifs is 2. The van der Waals surface area contributed by atoms with E-state index in [1.165, 1.54) is 0 Å².